The summed E-state index contributed by atoms with van der Waals surface area (Å²) in [6.45, 7) is 0. The average molecular weight is 693 g/mol. The molecule has 12 aromatic rings. The van der Waals surface area contributed by atoms with Gasteiger partial charge in [-0.2, -0.15) is 0 Å². The molecule has 0 aliphatic carbocycles. The summed E-state index contributed by atoms with van der Waals surface area (Å²) >= 11 is 1.77. The van der Waals surface area contributed by atoms with Gasteiger partial charge in [-0.1, -0.05) is 121 Å². The third kappa shape index (κ3) is 4.05. The Morgan fingerprint density at radius 2 is 1.00 bits per heavy atom. The molecule has 0 spiro atoms. The summed E-state index contributed by atoms with van der Waals surface area (Å²) < 4.78 is 6.95. The van der Waals surface area contributed by atoms with E-state index in [2.05, 4.69) is 179 Å². The molecule has 4 heterocycles. The molecule has 8 aromatic carbocycles. The third-order valence-corrected chi connectivity index (χ3v) is 12.1. The number of rotatable bonds is 3. The van der Waals surface area contributed by atoms with Gasteiger partial charge >= 0.3 is 0 Å². The summed E-state index contributed by atoms with van der Waals surface area (Å²) in [6.07, 6.45) is 0. The van der Waals surface area contributed by atoms with Crippen LogP contribution in [0.25, 0.3) is 108 Å². The second-order valence-corrected chi connectivity index (χ2v) is 14.8. The minimum atomic E-state index is 0.674. The zero-order valence-electron chi connectivity index (χ0n) is 28.4. The first-order valence-electron chi connectivity index (χ1n) is 17.9. The highest BCUT2D eigenvalue weighted by Crippen LogP contribution is 2.44. The Balaban J connectivity index is 1.20. The van der Waals surface area contributed by atoms with Gasteiger partial charge in [0.05, 0.1) is 38.0 Å². The lowest BCUT2D eigenvalue weighted by molar-refractivity contribution is 1.02. The molecule has 0 amide bonds. The van der Waals surface area contributed by atoms with E-state index in [-0.39, 0.29) is 0 Å². The van der Waals surface area contributed by atoms with E-state index in [0.29, 0.717) is 5.95 Å². The highest BCUT2D eigenvalue weighted by atomic mass is 32.1. The highest BCUT2D eigenvalue weighted by molar-refractivity contribution is 7.26. The van der Waals surface area contributed by atoms with E-state index in [9.17, 15) is 0 Å². The van der Waals surface area contributed by atoms with Crippen molar-refractivity contribution in [1.82, 2.24) is 19.1 Å². The van der Waals surface area contributed by atoms with E-state index >= 15 is 0 Å². The largest absolute Gasteiger partial charge is 0.309 e. The topological polar surface area (TPSA) is 35.6 Å². The first-order valence-corrected chi connectivity index (χ1v) is 18.7. The maximum Gasteiger partial charge on any atom is 0.235 e. The highest BCUT2D eigenvalue weighted by Gasteiger charge is 2.23. The summed E-state index contributed by atoms with van der Waals surface area (Å²) in [7, 11) is 0. The molecule has 0 saturated heterocycles. The van der Waals surface area contributed by atoms with E-state index in [1.807, 2.05) is 0 Å². The fraction of sp³-hybridized carbons (Fsp3) is 0. The lowest BCUT2D eigenvalue weighted by Gasteiger charge is -2.11. The van der Waals surface area contributed by atoms with Gasteiger partial charge in [0.25, 0.3) is 0 Å². The second kappa shape index (κ2) is 10.8. The molecule has 0 atom stereocenters. The lowest BCUT2D eigenvalue weighted by atomic mass is 10.00. The molecule has 4 aromatic heterocycles. The molecule has 0 unspecified atom stereocenters. The van der Waals surface area contributed by atoms with Gasteiger partial charge in [-0.25, -0.2) is 9.97 Å². The SMILES string of the molecule is c1ccc(-n2c3ccccc3c3cc(-c4nc(-n5c6ccc7ccccc7c6c6c7ccccc7ccc65)nc5c4sc4ccccc45)ccc32)cc1. The number of benzene rings is 8. The van der Waals surface area contributed by atoms with Gasteiger partial charge in [0, 0.05) is 42.9 Å². The maximum absolute atomic E-state index is 5.58. The van der Waals surface area contributed by atoms with E-state index < -0.39 is 0 Å². The van der Waals surface area contributed by atoms with Crippen LogP contribution in [0, 0.1) is 0 Å². The van der Waals surface area contributed by atoms with Crippen molar-refractivity contribution in [3.05, 3.63) is 170 Å². The second-order valence-electron chi connectivity index (χ2n) is 13.8. The lowest BCUT2D eigenvalue weighted by Crippen LogP contribution is -2.02. The molecule has 53 heavy (non-hydrogen) atoms. The van der Waals surface area contributed by atoms with Gasteiger partial charge < -0.3 is 4.57 Å². The number of para-hydroxylation sites is 2. The summed E-state index contributed by atoms with van der Waals surface area (Å²) in [5.74, 6) is 0.674. The molecule has 12 rings (SSSR count). The fourth-order valence-corrected chi connectivity index (χ4v) is 9.77. The zero-order chi connectivity index (χ0) is 34.6. The normalized spacial score (nSPS) is 12.2. The van der Waals surface area contributed by atoms with Crippen LogP contribution in [0.5, 0.6) is 0 Å². The predicted molar refractivity (Wildman–Crippen MR) is 224 cm³/mol. The van der Waals surface area contributed by atoms with Crippen LogP contribution in [0.1, 0.15) is 0 Å². The number of hydrogen-bond donors (Lipinski definition) is 0. The number of fused-ring (bicyclic) bond motifs is 13. The van der Waals surface area contributed by atoms with Crippen LogP contribution in [0.2, 0.25) is 0 Å². The van der Waals surface area contributed by atoms with Crippen molar-refractivity contribution < 1.29 is 0 Å². The molecule has 0 N–H and O–H groups in total. The molecule has 4 nitrogen and oxygen atoms in total. The monoisotopic (exact) mass is 692 g/mol. The summed E-state index contributed by atoms with van der Waals surface area (Å²) in [5, 5.41) is 10.9. The standard InChI is InChI=1S/C48H28N4S/c1-2-14-32(15-3-1)51-38-20-10-8-18-35(38)37-28-31(24-25-39(37)51)45-47-46(36-19-9-11-21-42(36)53-47)50-48(49-45)52-40-26-22-29-12-4-6-16-33(29)43(40)44-34-17-7-5-13-30(34)23-27-41(44)52/h1-28H. The maximum atomic E-state index is 5.58. The molecule has 0 radical (unpaired) electrons. The average Bonchev–Trinajstić information content (AvgIpc) is 3.88. The quantitative estimate of drug-likeness (QED) is 0.185. The van der Waals surface area contributed by atoms with Crippen molar-refractivity contribution in [3.63, 3.8) is 0 Å². The van der Waals surface area contributed by atoms with Gasteiger partial charge in [0.2, 0.25) is 5.95 Å². The van der Waals surface area contributed by atoms with Crippen LogP contribution < -0.4 is 0 Å². The van der Waals surface area contributed by atoms with Crippen molar-refractivity contribution in [2.45, 2.75) is 0 Å². The van der Waals surface area contributed by atoms with Gasteiger partial charge in [-0.15, -0.1) is 11.3 Å². The molecule has 0 fully saturated rings. The van der Waals surface area contributed by atoms with Crippen LogP contribution >= 0.6 is 11.3 Å². The Hall–Kier alpha value is -6.82. The summed E-state index contributed by atoms with van der Waals surface area (Å²) in [5.41, 5.74) is 8.70. The Kier molecular flexibility index (Phi) is 5.90. The van der Waals surface area contributed by atoms with Crippen LogP contribution in [-0.2, 0) is 0 Å². The van der Waals surface area contributed by atoms with Gasteiger partial charge in [0.1, 0.15) is 0 Å². The first kappa shape index (κ1) is 28.8. The minimum absolute atomic E-state index is 0.674. The fourth-order valence-electron chi connectivity index (χ4n) is 8.61. The molecular formula is C48H28N4S. The number of thiophene rings is 1. The Labute approximate surface area is 307 Å². The van der Waals surface area contributed by atoms with Gasteiger partial charge in [-0.05, 0) is 70.1 Å². The Bertz CT molecular complexity index is 3370. The van der Waals surface area contributed by atoms with Crippen molar-refractivity contribution in [2.24, 2.45) is 0 Å². The molecule has 246 valence electrons. The van der Waals surface area contributed by atoms with Crippen LogP contribution in [0.15, 0.2) is 170 Å². The summed E-state index contributed by atoms with van der Waals surface area (Å²) in [4.78, 5) is 11.0. The van der Waals surface area contributed by atoms with Crippen molar-refractivity contribution >= 4 is 96.8 Å². The van der Waals surface area contributed by atoms with Crippen molar-refractivity contribution in [2.75, 3.05) is 0 Å². The number of nitrogens with zero attached hydrogens (tertiary/aromatic N) is 4. The Morgan fingerprint density at radius 1 is 0.415 bits per heavy atom. The third-order valence-electron chi connectivity index (χ3n) is 10.9. The van der Waals surface area contributed by atoms with E-state index in [4.69, 9.17) is 9.97 Å². The van der Waals surface area contributed by atoms with E-state index in [1.165, 1.54) is 58.8 Å². The van der Waals surface area contributed by atoms with E-state index in [0.717, 1.165) is 43.6 Å². The van der Waals surface area contributed by atoms with Crippen LogP contribution in [-0.4, -0.2) is 19.1 Å². The molecule has 0 saturated carbocycles. The minimum Gasteiger partial charge on any atom is -0.309 e. The van der Waals surface area contributed by atoms with Crippen LogP contribution in [0.4, 0.5) is 0 Å². The first-order chi connectivity index (χ1) is 26.3. The number of hydrogen-bond acceptors (Lipinski definition) is 3. The molecule has 0 aliphatic rings. The van der Waals surface area contributed by atoms with Crippen molar-refractivity contribution in [3.8, 4) is 22.9 Å². The smallest absolute Gasteiger partial charge is 0.235 e. The zero-order valence-corrected chi connectivity index (χ0v) is 29.2. The van der Waals surface area contributed by atoms with E-state index in [1.54, 1.807) is 11.3 Å². The summed E-state index contributed by atoms with van der Waals surface area (Å²) in [6, 6.07) is 61.1. The Morgan fingerprint density at radius 3 is 1.74 bits per heavy atom. The molecular weight excluding hydrogens is 665 g/mol. The molecule has 0 aliphatic heterocycles. The van der Waals surface area contributed by atoms with Gasteiger partial charge in [0.15, 0.2) is 0 Å². The van der Waals surface area contributed by atoms with Crippen molar-refractivity contribution in [1.29, 1.82) is 0 Å². The van der Waals surface area contributed by atoms with Gasteiger partial charge in [-0.3, -0.25) is 4.57 Å². The molecule has 5 heteroatoms. The number of aromatic nitrogens is 4. The predicted octanol–water partition coefficient (Wildman–Crippen LogP) is 13.0. The van der Waals surface area contributed by atoms with Crippen LogP contribution in [0.3, 0.4) is 0 Å². The molecule has 0 bridgehead atoms.